The molecule has 1 heterocycles. The summed E-state index contributed by atoms with van der Waals surface area (Å²) in [5, 5.41) is 3.03. The smallest absolute Gasteiger partial charge is 0.239 e. The van der Waals surface area contributed by atoms with Crippen LogP contribution in [0.1, 0.15) is 26.7 Å². The zero-order valence-electron chi connectivity index (χ0n) is 10.7. The van der Waals surface area contributed by atoms with Crippen LogP contribution in [0.5, 0.6) is 0 Å². The van der Waals surface area contributed by atoms with Gasteiger partial charge in [-0.3, -0.25) is 4.79 Å². The minimum absolute atomic E-state index is 0.0238. The number of carbonyl (C=O) groups is 1. The Morgan fingerprint density at radius 1 is 1.50 bits per heavy atom. The van der Waals surface area contributed by atoms with Gasteiger partial charge in [0, 0.05) is 19.7 Å². The van der Waals surface area contributed by atoms with Crippen molar-refractivity contribution in [2.75, 3.05) is 33.4 Å². The van der Waals surface area contributed by atoms with E-state index in [1.165, 1.54) is 0 Å². The van der Waals surface area contributed by atoms with Crippen LogP contribution in [-0.2, 0) is 9.53 Å². The first-order valence-electron chi connectivity index (χ1n) is 6.19. The third kappa shape index (κ3) is 4.10. The summed E-state index contributed by atoms with van der Waals surface area (Å²) in [7, 11) is 1.84. The van der Waals surface area contributed by atoms with E-state index in [9.17, 15) is 4.79 Å². The van der Waals surface area contributed by atoms with E-state index in [4.69, 9.17) is 4.74 Å². The number of nitrogens with one attached hydrogen (secondary N) is 1. The maximum absolute atomic E-state index is 11.7. The number of hydrogen-bond acceptors (Lipinski definition) is 3. The van der Waals surface area contributed by atoms with Crippen molar-refractivity contribution >= 4 is 5.91 Å². The lowest BCUT2D eigenvalue weighted by Crippen LogP contribution is -2.37. The van der Waals surface area contributed by atoms with E-state index >= 15 is 0 Å². The first-order valence-corrected chi connectivity index (χ1v) is 6.19. The van der Waals surface area contributed by atoms with Crippen LogP contribution >= 0.6 is 0 Å². The van der Waals surface area contributed by atoms with Gasteiger partial charge in [-0.1, -0.05) is 13.8 Å². The van der Waals surface area contributed by atoms with Crippen molar-refractivity contribution in [3.8, 4) is 0 Å². The van der Waals surface area contributed by atoms with Crippen molar-refractivity contribution in [1.29, 1.82) is 0 Å². The van der Waals surface area contributed by atoms with E-state index in [1.807, 2.05) is 11.9 Å². The number of likely N-dealkylation sites (N-methyl/N-ethyl adjacent to an activating group) is 1. The SMILES string of the molecule is CNC1CCN(CCOCCC(C)C)C1=O. The van der Waals surface area contributed by atoms with Crippen molar-refractivity contribution < 1.29 is 9.53 Å². The zero-order chi connectivity index (χ0) is 12.0. The number of carbonyl (C=O) groups excluding carboxylic acids is 1. The molecule has 0 aromatic rings. The molecule has 16 heavy (non-hydrogen) atoms. The number of hydrogen-bond donors (Lipinski definition) is 1. The number of likely N-dealkylation sites (tertiary alicyclic amines) is 1. The molecule has 94 valence electrons. The standard InChI is InChI=1S/C12H24N2O2/c1-10(2)5-8-16-9-7-14-6-4-11(13-3)12(14)15/h10-11,13H,4-9H2,1-3H3. The molecule has 1 aliphatic rings. The quantitative estimate of drug-likeness (QED) is 0.657. The van der Waals surface area contributed by atoms with E-state index in [-0.39, 0.29) is 11.9 Å². The second kappa shape index (κ2) is 6.86. The number of amides is 1. The van der Waals surface area contributed by atoms with Crippen molar-refractivity contribution in [3.05, 3.63) is 0 Å². The molecule has 1 aliphatic heterocycles. The second-order valence-corrected chi connectivity index (χ2v) is 4.75. The molecule has 1 unspecified atom stereocenters. The molecule has 0 aromatic heterocycles. The molecule has 1 saturated heterocycles. The van der Waals surface area contributed by atoms with Crippen LogP contribution in [0, 0.1) is 5.92 Å². The largest absolute Gasteiger partial charge is 0.380 e. The van der Waals surface area contributed by atoms with Crippen molar-refractivity contribution in [2.24, 2.45) is 5.92 Å². The molecule has 0 radical (unpaired) electrons. The average Bonchev–Trinajstić information content (AvgIpc) is 2.59. The normalized spacial score (nSPS) is 21.1. The third-order valence-corrected chi connectivity index (χ3v) is 2.99. The highest BCUT2D eigenvalue weighted by Crippen LogP contribution is 2.10. The Morgan fingerprint density at radius 2 is 2.25 bits per heavy atom. The maximum Gasteiger partial charge on any atom is 0.239 e. The lowest BCUT2D eigenvalue weighted by molar-refractivity contribution is -0.129. The summed E-state index contributed by atoms with van der Waals surface area (Å²) in [6.45, 7) is 7.42. The summed E-state index contributed by atoms with van der Waals surface area (Å²) in [5.74, 6) is 0.900. The first kappa shape index (κ1) is 13.5. The van der Waals surface area contributed by atoms with E-state index in [0.29, 0.717) is 12.5 Å². The molecule has 4 heteroatoms. The fourth-order valence-electron chi connectivity index (χ4n) is 1.82. The zero-order valence-corrected chi connectivity index (χ0v) is 10.7. The second-order valence-electron chi connectivity index (χ2n) is 4.75. The summed E-state index contributed by atoms with van der Waals surface area (Å²) in [6, 6.07) is 0.0238. The maximum atomic E-state index is 11.7. The summed E-state index contributed by atoms with van der Waals surface area (Å²) < 4.78 is 5.51. The number of ether oxygens (including phenoxy) is 1. The van der Waals surface area contributed by atoms with E-state index < -0.39 is 0 Å². The van der Waals surface area contributed by atoms with Crippen LogP contribution in [0.15, 0.2) is 0 Å². The molecule has 1 atom stereocenters. The Hall–Kier alpha value is -0.610. The van der Waals surface area contributed by atoms with Crippen LogP contribution in [-0.4, -0.2) is 50.2 Å². The highest BCUT2D eigenvalue weighted by atomic mass is 16.5. The summed E-state index contributed by atoms with van der Waals surface area (Å²) >= 11 is 0. The predicted octanol–water partition coefficient (Wildman–Crippen LogP) is 0.869. The highest BCUT2D eigenvalue weighted by molar-refractivity contribution is 5.83. The van der Waals surface area contributed by atoms with Crippen LogP contribution in [0.25, 0.3) is 0 Å². The predicted molar refractivity (Wildman–Crippen MR) is 64.3 cm³/mol. The van der Waals surface area contributed by atoms with Gasteiger partial charge in [-0.05, 0) is 25.8 Å². The molecular formula is C12H24N2O2. The van der Waals surface area contributed by atoms with Crippen molar-refractivity contribution in [2.45, 2.75) is 32.7 Å². The fraction of sp³-hybridized carbons (Fsp3) is 0.917. The Morgan fingerprint density at radius 3 is 2.81 bits per heavy atom. The molecule has 1 rings (SSSR count). The Kier molecular flexibility index (Phi) is 5.77. The summed E-state index contributed by atoms with van der Waals surface area (Å²) in [5.41, 5.74) is 0. The van der Waals surface area contributed by atoms with Gasteiger partial charge in [-0.15, -0.1) is 0 Å². The molecule has 0 aliphatic carbocycles. The van der Waals surface area contributed by atoms with E-state index in [2.05, 4.69) is 19.2 Å². The van der Waals surface area contributed by atoms with Crippen molar-refractivity contribution in [1.82, 2.24) is 10.2 Å². The van der Waals surface area contributed by atoms with Crippen LogP contribution in [0.3, 0.4) is 0 Å². The fourth-order valence-corrected chi connectivity index (χ4v) is 1.82. The van der Waals surface area contributed by atoms with Gasteiger partial charge in [0.2, 0.25) is 5.91 Å². The van der Waals surface area contributed by atoms with Gasteiger partial charge in [0.05, 0.1) is 12.6 Å². The monoisotopic (exact) mass is 228 g/mol. The molecule has 0 saturated carbocycles. The number of rotatable bonds is 7. The van der Waals surface area contributed by atoms with Gasteiger partial charge in [-0.2, -0.15) is 0 Å². The van der Waals surface area contributed by atoms with Gasteiger partial charge in [0.25, 0.3) is 0 Å². The van der Waals surface area contributed by atoms with E-state index in [1.54, 1.807) is 0 Å². The molecule has 0 bridgehead atoms. The average molecular weight is 228 g/mol. The van der Waals surface area contributed by atoms with Crippen molar-refractivity contribution in [3.63, 3.8) is 0 Å². The molecular weight excluding hydrogens is 204 g/mol. The van der Waals surface area contributed by atoms with Gasteiger partial charge in [0.15, 0.2) is 0 Å². The van der Waals surface area contributed by atoms with Gasteiger partial charge in [0.1, 0.15) is 0 Å². The van der Waals surface area contributed by atoms with Gasteiger partial charge < -0.3 is 15.0 Å². The molecule has 0 aromatic carbocycles. The Balaban J connectivity index is 2.08. The highest BCUT2D eigenvalue weighted by Gasteiger charge is 2.29. The van der Waals surface area contributed by atoms with Gasteiger partial charge in [-0.25, -0.2) is 0 Å². The molecule has 4 nitrogen and oxygen atoms in total. The first-order chi connectivity index (χ1) is 7.65. The minimum atomic E-state index is 0.0238. The molecule has 0 spiro atoms. The summed E-state index contributed by atoms with van der Waals surface area (Å²) in [4.78, 5) is 13.6. The lowest BCUT2D eigenvalue weighted by atomic mass is 10.1. The Labute approximate surface area is 98.3 Å². The minimum Gasteiger partial charge on any atom is -0.380 e. The van der Waals surface area contributed by atoms with E-state index in [0.717, 1.165) is 32.5 Å². The van der Waals surface area contributed by atoms with Crippen LogP contribution in [0.4, 0.5) is 0 Å². The summed E-state index contributed by atoms with van der Waals surface area (Å²) in [6.07, 6.45) is 2.01. The number of nitrogens with zero attached hydrogens (tertiary/aromatic N) is 1. The Bertz CT molecular complexity index is 219. The molecule has 1 amide bonds. The lowest BCUT2D eigenvalue weighted by Gasteiger charge is -2.16. The molecule has 1 fully saturated rings. The topological polar surface area (TPSA) is 41.6 Å². The van der Waals surface area contributed by atoms with Gasteiger partial charge >= 0.3 is 0 Å². The van der Waals surface area contributed by atoms with Crippen LogP contribution in [0.2, 0.25) is 0 Å². The third-order valence-electron chi connectivity index (χ3n) is 2.99. The van der Waals surface area contributed by atoms with Crippen LogP contribution < -0.4 is 5.32 Å². The molecule has 1 N–H and O–H groups in total.